The van der Waals surface area contributed by atoms with Crippen molar-refractivity contribution in [3.05, 3.63) is 28.2 Å². The fraction of sp³-hybridized carbons (Fsp3) is 0.538. The van der Waals surface area contributed by atoms with Gasteiger partial charge >= 0.3 is 0 Å². The summed E-state index contributed by atoms with van der Waals surface area (Å²) in [7, 11) is -1.06. The predicted octanol–water partition coefficient (Wildman–Crippen LogP) is 3.63. The molecule has 0 aromatic heterocycles. The van der Waals surface area contributed by atoms with E-state index in [1.807, 2.05) is 0 Å². The summed E-state index contributed by atoms with van der Waals surface area (Å²) < 4.78 is 12.5. The van der Waals surface area contributed by atoms with Crippen LogP contribution in [-0.4, -0.2) is 22.0 Å². The summed E-state index contributed by atoms with van der Waals surface area (Å²) in [6, 6.07) is 5.65. The molecule has 1 aromatic carbocycles. The standard InChI is InChI=1S/C13H17Cl2NOS/c1-2-16-10-4-5-11(8-10)18(17)13-7-9(14)3-6-12(13)15/h3,6-7,10-11,16H,2,4-5,8H2,1H3. The largest absolute Gasteiger partial charge is 0.314 e. The lowest BCUT2D eigenvalue weighted by atomic mass is 10.2. The molecule has 5 heteroatoms. The first-order valence-corrected chi connectivity index (χ1v) is 8.17. The van der Waals surface area contributed by atoms with Crippen LogP contribution in [0.5, 0.6) is 0 Å². The van der Waals surface area contributed by atoms with Gasteiger partial charge in [0.15, 0.2) is 0 Å². The van der Waals surface area contributed by atoms with Crippen LogP contribution in [0.15, 0.2) is 23.1 Å². The van der Waals surface area contributed by atoms with Crippen LogP contribution in [0.2, 0.25) is 10.0 Å². The van der Waals surface area contributed by atoms with Gasteiger partial charge in [-0.2, -0.15) is 0 Å². The van der Waals surface area contributed by atoms with Crippen molar-refractivity contribution in [3.8, 4) is 0 Å². The van der Waals surface area contributed by atoms with E-state index >= 15 is 0 Å². The van der Waals surface area contributed by atoms with Crippen molar-refractivity contribution in [1.29, 1.82) is 0 Å². The molecule has 3 unspecified atom stereocenters. The van der Waals surface area contributed by atoms with E-state index in [0.717, 1.165) is 25.8 Å². The third-order valence-electron chi connectivity index (χ3n) is 3.29. The number of hydrogen-bond acceptors (Lipinski definition) is 2. The minimum absolute atomic E-state index is 0.185. The van der Waals surface area contributed by atoms with Gasteiger partial charge in [-0.05, 0) is 44.0 Å². The highest BCUT2D eigenvalue weighted by Gasteiger charge is 2.30. The average molecular weight is 306 g/mol. The van der Waals surface area contributed by atoms with E-state index in [2.05, 4.69) is 12.2 Å². The molecule has 2 rings (SSSR count). The minimum Gasteiger partial charge on any atom is -0.314 e. The zero-order valence-electron chi connectivity index (χ0n) is 10.3. The number of hydrogen-bond donors (Lipinski definition) is 1. The van der Waals surface area contributed by atoms with Crippen LogP contribution >= 0.6 is 23.2 Å². The molecule has 100 valence electrons. The maximum atomic E-state index is 12.5. The Balaban J connectivity index is 2.10. The van der Waals surface area contributed by atoms with Crippen LogP contribution in [-0.2, 0) is 10.8 Å². The molecule has 0 bridgehead atoms. The fourth-order valence-corrected chi connectivity index (χ4v) is 4.62. The highest BCUT2D eigenvalue weighted by Crippen LogP contribution is 2.31. The summed E-state index contributed by atoms with van der Waals surface area (Å²) in [5.41, 5.74) is 0. The zero-order valence-corrected chi connectivity index (χ0v) is 12.6. The molecule has 1 saturated carbocycles. The van der Waals surface area contributed by atoms with Crippen molar-refractivity contribution in [2.45, 2.75) is 42.4 Å². The molecule has 3 atom stereocenters. The van der Waals surface area contributed by atoms with Gasteiger partial charge in [0.2, 0.25) is 0 Å². The Bertz CT molecular complexity index is 453. The average Bonchev–Trinajstić information content (AvgIpc) is 2.80. The molecule has 0 saturated heterocycles. The summed E-state index contributed by atoms with van der Waals surface area (Å²) in [4.78, 5) is 0.673. The van der Waals surface area contributed by atoms with E-state index in [9.17, 15) is 4.21 Å². The lowest BCUT2D eigenvalue weighted by Gasteiger charge is -2.13. The third-order valence-corrected chi connectivity index (χ3v) is 5.77. The van der Waals surface area contributed by atoms with Gasteiger partial charge in [-0.3, -0.25) is 4.21 Å². The molecule has 1 aliphatic carbocycles. The summed E-state index contributed by atoms with van der Waals surface area (Å²) in [5, 5.41) is 4.73. The molecule has 1 fully saturated rings. The zero-order chi connectivity index (χ0) is 13.1. The van der Waals surface area contributed by atoms with E-state index < -0.39 is 10.8 Å². The fourth-order valence-electron chi connectivity index (χ4n) is 2.42. The van der Waals surface area contributed by atoms with E-state index in [1.54, 1.807) is 18.2 Å². The summed E-state index contributed by atoms with van der Waals surface area (Å²) in [5.74, 6) is 0. The second-order valence-electron chi connectivity index (χ2n) is 4.56. The van der Waals surface area contributed by atoms with Crippen LogP contribution < -0.4 is 5.32 Å². The summed E-state index contributed by atoms with van der Waals surface area (Å²) >= 11 is 12.0. The molecular formula is C13H17Cl2NOS. The van der Waals surface area contributed by atoms with Crippen LogP contribution in [0.4, 0.5) is 0 Å². The van der Waals surface area contributed by atoms with E-state index in [1.165, 1.54) is 0 Å². The highest BCUT2D eigenvalue weighted by molar-refractivity contribution is 7.85. The van der Waals surface area contributed by atoms with Crippen molar-refractivity contribution >= 4 is 34.0 Å². The van der Waals surface area contributed by atoms with Crippen LogP contribution in [0.25, 0.3) is 0 Å². The smallest absolute Gasteiger partial charge is 0.0591 e. The first kappa shape index (κ1) is 14.3. The molecule has 0 heterocycles. The van der Waals surface area contributed by atoms with Gasteiger partial charge in [0.1, 0.15) is 0 Å². The molecule has 2 nitrogen and oxygen atoms in total. The SMILES string of the molecule is CCNC1CCC(S(=O)c2cc(Cl)ccc2Cl)C1. The van der Waals surface area contributed by atoms with Gasteiger partial charge in [0, 0.05) is 16.3 Å². The Kier molecular flexibility index (Phi) is 5.07. The maximum absolute atomic E-state index is 12.5. The van der Waals surface area contributed by atoms with Crippen molar-refractivity contribution in [2.24, 2.45) is 0 Å². The van der Waals surface area contributed by atoms with Crippen molar-refractivity contribution in [2.75, 3.05) is 6.54 Å². The van der Waals surface area contributed by atoms with E-state index in [0.29, 0.717) is 21.0 Å². The first-order valence-electron chi connectivity index (χ1n) is 6.20. The first-order chi connectivity index (χ1) is 8.61. The van der Waals surface area contributed by atoms with Gasteiger partial charge in [0.05, 0.1) is 20.7 Å². The quantitative estimate of drug-likeness (QED) is 0.920. The van der Waals surface area contributed by atoms with Crippen LogP contribution in [0, 0.1) is 0 Å². The van der Waals surface area contributed by atoms with E-state index in [4.69, 9.17) is 23.2 Å². The second-order valence-corrected chi connectivity index (χ2v) is 7.11. The number of nitrogens with one attached hydrogen (secondary N) is 1. The molecule has 0 amide bonds. The summed E-state index contributed by atoms with van der Waals surface area (Å²) in [6.45, 7) is 3.06. The molecular weight excluding hydrogens is 289 g/mol. The Morgan fingerprint density at radius 1 is 1.39 bits per heavy atom. The molecule has 0 spiro atoms. The second kappa shape index (κ2) is 6.38. The topological polar surface area (TPSA) is 29.1 Å². The van der Waals surface area contributed by atoms with Gasteiger partial charge in [0.25, 0.3) is 0 Å². The minimum atomic E-state index is -1.06. The van der Waals surface area contributed by atoms with E-state index in [-0.39, 0.29) is 5.25 Å². The van der Waals surface area contributed by atoms with Crippen LogP contribution in [0.1, 0.15) is 26.2 Å². The monoisotopic (exact) mass is 305 g/mol. The third kappa shape index (κ3) is 3.27. The van der Waals surface area contributed by atoms with Crippen LogP contribution in [0.3, 0.4) is 0 Å². The Labute approximate surface area is 121 Å². The number of halogens is 2. The molecule has 1 aromatic rings. The van der Waals surface area contributed by atoms with Gasteiger partial charge < -0.3 is 5.32 Å². The Hall–Kier alpha value is -0.0900. The molecule has 18 heavy (non-hydrogen) atoms. The molecule has 1 aliphatic rings. The molecule has 1 N–H and O–H groups in total. The van der Waals surface area contributed by atoms with Gasteiger partial charge in [-0.15, -0.1) is 0 Å². The Morgan fingerprint density at radius 2 is 2.17 bits per heavy atom. The molecule has 0 radical (unpaired) electrons. The lowest BCUT2D eigenvalue weighted by Crippen LogP contribution is -2.27. The van der Waals surface area contributed by atoms with Gasteiger partial charge in [-0.25, -0.2) is 0 Å². The van der Waals surface area contributed by atoms with Crippen molar-refractivity contribution in [3.63, 3.8) is 0 Å². The van der Waals surface area contributed by atoms with Crippen molar-refractivity contribution < 1.29 is 4.21 Å². The molecule has 0 aliphatic heterocycles. The summed E-state index contributed by atoms with van der Waals surface area (Å²) in [6.07, 6.45) is 3.01. The maximum Gasteiger partial charge on any atom is 0.0591 e. The Morgan fingerprint density at radius 3 is 2.89 bits per heavy atom. The number of benzene rings is 1. The predicted molar refractivity (Wildman–Crippen MR) is 78.0 cm³/mol. The lowest BCUT2D eigenvalue weighted by molar-refractivity contribution is 0.542. The highest BCUT2D eigenvalue weighted by atomic mass is 35.5. The number of rotatable bonds is 4. The normalized spacial score (nSPS) is 25.3. The van der Waals surface area contributed by atoms with Crippen molar-refractivity contribution in [1.82, 2.24) is 5.32 Å². The van der Waals surface area contributed by atoms with Gasteiger partial charge in [-0.1, -0.05) is 30.1 Å².